The number of aliphatic hydroxyl groups is 1. The topological polar surface area (TPSA) is 78.9 Å². The van der Waals surface area contributed by atoms with Crippen LogP contribution >= 0.6 is 11.6 Å². The molecule has 1 amide bonds. The molecule has 0 aromatic heterocycles. The maximum atomic E-state index is 12.9. The first-order valence-electron chi connectivity index (χ1n) is 8.47. The monoisotopic (exact) mass is 390 g/mol. The Morgan fingerprint density at radius 1 is 1.22 bits per heavy atom. The van der Waals surface area contributed by atoms with Crippen LogP contribution in [-0.4, -0.2) is 56.8 Å². The van der Waals surface area contributed by atoms with Gasteiger partial charge in [-0.05, 0) is 18.2 Å². The fraction of sp³-hybridized carbons (Fsp3) is 0.300. The molecule has 2 rings (SSSR count). The lowest BCUT2D eigenvalue weighted by Gasteiger charge is -2.21. The number of likely N-dealkylation sites (N-methyl/N-ethyl adjacent to an activating group) is 1. The van der Waals surface area contributed by atoms with Crippen molar-refractivity contribution >= 4 is 29.0 Å². The number of ether oxygens (including phenoxy) is 1. The van der Waals surface area contributed by atoms with E-state index in [-0.39, 0.29) is 31.4 Å². The van der Waals surface area contributed by atoms with Gasteiger partial charge in [0, 0.05) is 36.9 Å². The number of ketones is 1. The molecular weight excluding hydrogens is 368 g/mol. The third kappa shape index (κ3) is 5.87. The summed E-state index contributed by atoms with van der Waals surface area (Å²) in [4.78, 5) is 26.8. The predicted octanol–water partition coefficient (Wildman–Crippen LogP) is 2.13. The van der Waals surface area contributed by atoms with Gasteiger partial charge in [0.2, 0.25) is 5.91 Å². The number of carbonyl (C=O) groups is 2. The lowest BCUT2D eigenvalue weighted by Crippen LogP contribution is -2.39. The third-order valence-electron chi connectivity index (χ3n) is 3.99. The van der Waals surface area contributed by atoms with E-state index >= 15 is 0 Å². The molecule has 0 fully saturated rings. The van der Waals surface area contributed by atoms with E-state index in [1.165, 1.54) is 12.0 Å². The fourth-order valence-corrected chi connectivity index (χ4v) is 2.75. The second-order valence-corrected chi connectivity index (χ2v) is 6.49. The zero-order valence-corrected chi connectivity index (χ0v) is 16.1. The van der Waals surface area contributed by atoms with Gasteiger partial charge < -0.3 is 20.1 Å². The molecule has 0 bridgehead atoms. The number of nitrogens with zero attached hydrogens (tertiary/aromatic N) is 1. The van der Waals surface area contributed by atoms with E-state index in [1.807, 2.05) is 6.07 Å². The van der Waals surface area contributed by atoms with Gasteiger partial charge in [0.05, 0.1) is 24.9 Å². The summed E-state index contributed by atoms with van der Waals surface area (Å²) in [6, 6.07) is 13.7. The number of aliphatic hydroxyl groups excluding tert-OH is 1. The van der Waals surface area contributed by atoms with E-state index in [0.29, 0.717) is 21.8 Å². The molecular formula is C20H23ClN2O4. The summed E-state index contributed by atoms with van der Waals surface area (Å²) >= 11 is 6.07. The van der Waals surface area contributed by atoms with Crippen LogP contribution in [0, 0.1) is 0 Å². The highest BCUT2D eigenvalue weighted by atomic mass is 35.5. The van der Waals surface area contributed by atoms with Crippen LogP contribution in [0.3, 0.4) is 0 Å². The molecule has 1 atom stereocenters. The van der Waals surface area contributed by atoms with Crippen LogP contribution in [-0.2, 0) is 9.53 Å². The first-order valence-corrected chi connectivity index (χ1v) is 8.85. The zero-order valence-electron chi connectivity index (χ0n) is 15.3. The lowest BCUT2D eigenvalue weighted by molar-refractivity contribution is -0.117. The number of benzene rings is 2. The van der Waals surface area contributed by atoms with Crippen LogP contribution in [0.1, 0.15) is 15.9 Å². The van der Waals surface area contributed by atoms with Crippen LogP contribution in [0.25, 0.3) is 0 Å². The molecule has 1 unspecified atom stereocenters. The van der Waals surface area contributed by atoms with Crippen molar-refractivity contribution in [1.29, 1.82) is 0 Å². The number of hydrogen-bond acceptors (Lipinski definition) is 5. The normalized spacial score (nSPS) is 11.9. The molecule has 0 saturated carbocycles. The Morgan fingerprint density at radius 2 is 1.93 bits per heavy atom. The van der Waals surface area contributed by atoms with E-state index in [4.69, 9.17) is 16.3 Å². The summed E-state index contributed by atoms with van der Waals surface area (Å²) in [5, 5.41) is 12.9. The van der Waals surface area contributed by atoms with Gasteiger partial charge in [0.25, 0.3) is 0 Å². The number of nitrogens with one attached hydrogen (secondary N) is 1. The third-order valence-corrected chi connectivity index (χ3v) is 4.22. The molecule has 0 aliphatic heterocycles. The number of amides is 1. The molecule has 0 heterocycles. The molecule has 27 heavy (non-hydrogen) atoms. The van der Waals surface area contributed by atoms with E-state index in [9.17, 15) is 14.7 Å². The molecule has 0 spiro atoms. The number of hydrogen-bond donors (Lipinski definition) is 2. The largest absolute Gasteiger partial charge is 0.389 e. The smallest absolute Gasteiger partial charge is 0.240 e. The minimum absolute atomic E-state index is 0.0128. The highest BCUT2D eigenvalue weighted by molar-refractivity contribution is 6.31. The predicted molar refractivity (Wildman–Crippen MR) is 105 cm³/mol. The van der Waals surface area contributed by atoms with Crippen LogP contribution in [0.5, 0.6) is 0 Å². The van der Waals surface area contributed by atoms with Crippen molar-refractivity contribution in [3.8, 4) is 0 Å². The summed E-state index contributed by atoms with van der Waals surface area (Å²) in [5.41, 5.74) is 1.34. The second kappa shape index (κ2) is 10.2. The van der Waals surface area contributed by atoms with Gasteiger partial charge in [-0.2, -0.15) is 0 Å². The molecule has 0 radical (unpaired) electrons. The number of anilines is 1. The molecule has 7 heteroatoms. The molecule has 2 N–H and O–H groups in total. The van der Waals surface area contributed by atoms with E-state index in [1.54, 1.807) is 49.5 Å². The average Bonchev–Trinajstić information content (AvgIpc) is 2.67. The van der Waals surface area contributed by atoms with E-state index in [0.717, 1.165) is 0 Å². The number of rotatable bonds is 9. The standard InChI is InChI=1S/C20H23ClN2O4/c1-23(19(25)12-22-11-16(24)13-27-2)18-9-8-15(21)10-17(18)20(26)14-6-4-3-5-7-14/h3-10,16,22,24H,11-13H2,1-2H3. The van der Waals surface area contributed by atoms with Crippen LogP contribution in [0.15, 0.2) is 48.5 Å². The Morgan fingerprint density at radius 3 is 2.59 bits per heavy atom. The van der Waals surface area contributed by atoms with Crippen molar-refractivity contribution in [3.63, 3.8) is 0 Å². The van der Waals surface area contributed by atoms with Crippen LogP contribution in [0.2, 0.25) is 5.02 Å². The summed E-state index contributed by atoms with van der Waals surface area (Å²) < 4.78 is 4.84. The highest BCUT2D eigenvalue weighted by Crippen LogP contribution is 2.26. The number of methoxy groups -OCH3 is 1. The fourth-order valence-electron chi connectivity index (χ4n) is 2.58. The molecule has 0 aliphatic carbocycles. The van der Waals surface area contributed by atoms with Gasteiger partial charge >= 0.3 is 0 Å². The Hall–Kier alpha value is -2.25. The Labute approximate surface area is 163 Å². The van der Waals surface area contributed by atoms with Crippen molar-refractivity contribution < 1.29 is 19.4 Å². The minimum atomic E-state index is -0.696. The average molecular weight is 391 g/mol. The molecule has 144 valence electrons. The maximum Gasteiger partial charge on any atom is 0.240 e. The van der Waals surface area contributed by atoms with Gasteiger partial charge in [-0.3, -0.25) is 9.59 Å². The van der Waals surface area contributed by atoms with Gasteiger partial charge in [0.15, 0.2) is 5.78 Å². The zero-order chi connectivity index (χ0) is 19.8. The summed E-state index contributed by atoms with van der Waals surface area (Å²) in [5.74, 6) is -0.458. The van der Waals surface area contributed by atoms with Gasteiger partial charge in [-0.1, -0.05) is 41.9 Å². The maximum absolute atomic E-state index is 12.9. The van der Waals surface area contributed by atoms with Gasteiger partial charge in [0.1, 0.15) is 0 Å². The molecule has 6 nitrogen and oxygen atoms in total. The van der Waals surface area contributed by atoms with Gasteiger partial charge in [-0.25, -0.2) is 0 Å². The molecule has 2 aromatic carbocycles. The van der Waals surface area contributed by atoms with Gasteiger partial charge in [-0.15, -0.1) is 0 Å². The van der Waals surface area contributed by atoms with Crippen molar-refractivity contribution in [1.82, 2.24) is 5.32 Å². The molecule has 0 saturated heterocycles. The first kappa shape index (κ1) is 21.1. The Kier molecular flexibility index (Phi) is 7.94. The van der Waals surface area contributed by atoms with Crippen LogP contribution < -0.4 is 10.2 Å². The molecule has 2 aromatic rings. The Bertz CT molecular complexity index is 783. The van der Waals surface area contributed by atoms with Crippen molar-refractivity contribution in [3.05, 3.63) is 64.7 Å². The summed E-state index contributed by atoms with van der Waals surface area (Å²) in [7, 11) is 3.09. The summed E-state index contributed by atoms with van der Waals surface area (Å²) in [6.45, 7) is 0.423. The van der Waals surface area contributed by atoms with E-state index in [2.05, 4.69) is 5.32 Å². The lowest BCUT2D eigenvalue weighted by atomic mass is 10.0. The van der Waals surface area contributed by atoms with Crippen LogP contribution in [0.4, 0.5) is 5.69 Å². The molecule has 0 aliphatic rings. The van der Waals surface area contributed by atoms with Crippen molar-refractivity contribution in [2.75, 3.05) is 38.8 Å². The second-order valence-electron chi connectivity index (χ2n) is 6.05. The number of carbonyl (C=O) groups excluding carboxylic acids is 2. The SMILES string of the molecule is COCC(O)CNCC(=O)N(C)c1ccc(Cl)cc1C(=O)c1ccccc1. The summed E-state index contributed by atoms with van der Waals surface area (Å²) in [6.07, 6.45) is -0.696. The minimum Gasteiger partial charge on any atom is -0.389 e. The highest BCUT2D eigenvalue weighted by Gasteiger charge is 2.20. The quantitative estimate of drug-likeness (QED) is 0.641. The first-order chi connectivity index (χ1) is 12.9. The van der Waals surface area contributed by atoms with E-state index < -0.39 is 6.10 Å². The van der Waals surface area contributed by atoms with Crippen molar-refractivity contribution in [2.24, 2.45) is 0 Å². The van der Waals surface area contributed by atoms with Crippen molar-refractivity contribution in [2.45, 2.75) is 6.10 Å². The number of halogens is 1. The Balaban J connectivity index is 2.15.